The predicted octanol–water partition coefficient (Wildman–Crippen LogP) is 4.33. The van der Waals surface area contributed by atoms with Crippen molar-refractivity contribution in [3.63, 3.8) is 0 Å². The SMILES string of the molecule is CC(C)(C)c1cc(-c2ccc(C(=O)N3CCOCC3)cc2)cc2cc(CN)oc12. The van der Waals surface area contributed by atoms with Crippen LogP contribution in [0.4, 0.5) is 0 Å². The summed E-state index contributed by atoms with van der Waals surface area (Å²) in [5.74, 6) is 0.849. The van der Waals surface area contributed by atoms with Gasteiger partial charge in [-0.3, -0.25) is 4.79 Å². The summed E-state index contributed by atoms with van der Waals surface area (Å²) in [4.78, 5) is 14.5. The van der Waals surface area contributed by atoms with Crippen molar-refractivity contribution in [1.82, 2.24) is 4.90 Å². The molecule has 1 aromatic heterocycles. The summed E-state index contributed by atoms with van der Waals surface area (Å²) in [6, 6.07) is 14.2. The fourth-order valence-electron chi connectivity index (χ4n) is 3.79. The monoisotopic (exact) mass is 392 g/mol. The number of carbonyl (C=O) groups is 1. The van der Waals surface area contributed by atoms with Crippen LogP contribution in [0.15, 0.2) is 46.9 Å². The van der Waals surface area contributed by atoms with Crippen molar-refractivity contribution in [2.45, 2.75) is 32.7 Å². The third kappa shape index (κ3) is 3.93. The van der Waals surface area contributed by atoms with E-state index in [1.807, 2.05) is 35.2 Å². The minimum Gasteiger partial charge on any atom is -0.459 e. The first-order valence-electron chi connectivity index (χ1n) is 10.1. The molecule has 0 radical (unpaired) electrons. The van der Waals surface area contributed by atoms with Crippen molar-refractivity contribution >= 4 is 16.9 Å². The topological polar surface area (TPSA) is 68.7 Å². The first kappa shape index (κ1) is 19.7. The van der Waals surface area contributed by atoms with Crippen LogP contribution in [0.25, 0.3) is 22.1 Å². The summed E-state index contributed by atoms with van der Waals surface area (Å²) in [6.07, 6.45) is 0. The van der Waals surface area contributed by atoms with Crippen LogP contribution in [0.5, 0.6) is 0 Å². The van der Waals surface area contributed by atoms with Gasteiger partial charge in [-0.1, -0.05) is 32.9 Å². The van der Waals surface area contributed by atoms with Gasteiger partial charge in [0.05, 0.1) is 19.8 Å². The van der Waals surface area contributed by atoms with Crippen molar-refractivity contribution in [1.29, 1.82) is 0 Å². The second-order valence-corrected chi connectivity index (χ2v) is 8.59. The lowest BCUT2D eigenvalue weighted by atomic mass is 9.84. The molecule has 0 saturated carbocycles. The van der Waals surface area contributed by atoms with Gasteiger partial charge in [0.15, 0.2) is 0 Å². The summed E-state index contributed by atoms with van der Waals surface area (Å²) in [5, 5.41) is 1.06. The van der Waals surface area contributed by atoms with Crippen LogP contribution in [0.2, 0.25) is 0 Å². The molecule has 2 heterocycles. The Morgan fingerprint density at radius 3 is 2.34 bits per heavy atom. The zero-order chi connectivity index (χ0) is 20.6. The fraction of sp³-hybridized carbons (Fsp3) is 0.375. The molecule has 5 nitrogen and oxygen atoms in total. The van der Waals surface area contributed by atoms with Crippen LogP contribution in [-0.2, 0) is 16.7 Å². The minimum atomic E-state index is -0.0653. The quantitative estimate of drug-likeness (QED) is 0.720. The van der Waals surface area contributed by atoms with Gasteiger partial charge in [-0.05, 0) is 46.9 Å². The molecule has 4 rings (SSSR count). The average molecular weight is 392 g/mol. The Balaban J connectivity index is 1.70. The normalized spacial score (nSPS) is 15.1. The molecule has 1 aliphatic rings. The molecule has 1 saturated heterocycles. The second-order valence-electron chi connectivity index (χ2n) is 8.59. The van der Waals surface area contributed by atoms with Crippen LogP contribution in [0.3, 0.4) is 0 Å². The molecule has 0 unspecified atom stereocenters. The lowest BCUT2D eigenvalue weighted by Crippen LogP contribution is -2.40. The van der Waals surface area contributed by atoms with Gasteiger partial charge in [-0.15, -0.1) is 0 Å². The maximum absolute atomic E-state index is 12.7. The number of hydrogen-bond donors (Lipinski definition) is 1. The highest BCUT2D eigenvalue weighted by Gasteiger charge is 2.22. The van der Waals surface area contributed by atoms with Gasteiger partial charge in [0.25, 0.3) is 5.91 Å². The summed E-state index contributed by atoms with van der Waals surface area (Å²) >= 11 is 0. The highest BCUT2D eigenvalue weighted by molar-refractivity contribution is 5.95. The third-order valence-corrected chi connectivity index (χ3v) is 5.44. The van der Waals surface area contributed by atoms with E-state index in [1.165, 1.54) is 0 Å². The molecular formula is C24H28N2O3. The Labute approximate surface area is 171 Å². The van der Waals surface area contributed by atoms with E-state index < -0.39 is 0 Å². The van der Waals surface area contributed by atoms with Gasteiger partial charge in [-0.25, -0.2) is 0 Å². The molecule has 2 N–H and O–H groups in total. The molecule has 0 spiro atoms. The first-order valence-corrected chi connectivity index (χ1v) is 10.1. The largest absolute Gasteiger partial charge is 0.459 e. The van der Waals surface area contributed by atoms with Gasteiger partial charge in [-0.2, -0.15) is 0 Å². The van der Waals surface area contributed by atoms with Crippen molar-refractivity contribution in [3.05, 3.63) is 59.4 Å². The number of benzene rings is 2. The molecule has 0 bridgehead atoms. The zero-order valence-corrected chi connectivity index (χ0v) is 17.3. The Morgan fingerprint density at radius 2 is 1.72 bits per heavy atom. The van der Waals surface area contributed by atoms with E-state index in [2.05, 4.69) is 32.9 Å². The molecule has 29 heavy (non-hydrogen) atoms. The van der Waals surface area contributed by atoms with Crippen molar-refractivity contribution in [3.8, 4) is 11.1 Å². The fourth-order valence-corrected chi connectivity index (χ4v) is 3.79. The number of nitrogens with zero attached hydrogens (tertiary/aromatic N) is 1. The molecule has 1 fully saturated rings. The maximum Gasteiger partial charge on any atom is 0.254 e. The van der Waals surface area contributed by atoms with Crippen LogP contribution < -0.4 is 5.73 Å². The van der Waals surface area contributed by atoms with E-state index in [0.29, 0.717) is 38.4 Å². The van der Waals surface area contributed by atoms with Crippen molar-refractivity contribution < 1.29 is 13.9 Å². The second kappa shape index (κ2) is 7.65. The standard InChI is InChI=1S/C24H28N2O3/c1-24(2,3)21-14-18(12-19-13-20(15-25)29-22(19)21)16-4-6-17(7-5-16)23(27)26-8-10-28-11-9-26/h4-7,12-14H,8-11,15,25H2,1-3H3. The molecule has 152 valence electrons. The molecule has 5 heteroatoms. The Morgan fingerprint density at radius 1 is 1.03 bits per heavy atom. The van der Waals surface area contributed by atoms with Gasteiger partial charge in [0.2, 0.25) is 0 Å². The van der Waals surface area contributed by atoms with Gasteiger partial charge in [0, 0.05) is 29.6 Å². The first-order chi connectivity index (χ1) is 13.9. The highest BCUT2D eigenvalue weighted by Crippen LogP contribution is 2.36. The molecule has 1 amide bonds. The summed E-state index contributed by atoms with van der Waals surface area (Å²) in [6.45, 7) is 9.43. The van der Waals surface area contributed by atoms with E-state index in [9.17, 15) is 4.79 Å². The Kier molecular flexibility index (Phi) is 5.19. The molecule has 0 atom stereocenters. The van der Waals surface area contributed by atoms with Crippen LogP contribution in [-0.4, -0.2) is 37.1 Å². The van der Waals surface area contributed by atoms with Crippen LogP contribution in [0.1, 0.15) is 42.5 Å². The minimum absolute atomic E-state index is 0.0631. The van der Waals surface area contributed by atoms with Crippen molar-refractivity contribution in [2.75, 3.05) is 26.3 Å². The number of nitrogens with two attached hydrogens (primary N) is 1. The van der Waals surface area contributed by atoms with E-state index in [-0.39, 0.29) is 11.3 Å². The number of fused-ring (bicyclic) bond motifs is 1. The lowest BCUT2D eigenvalue weighted by molar-refractivity contribution is 0.0303. The lowest BCUT2D eigenvalue weighted by Gasteiger charge is -2.26. The van der Waals surface area contributed by atoms with Crippen LogP contribution >= 0.6 is 0 Å². The van der Waals surface area contributed by atoms with Crippen molar-refractivity contribution in [2.24, 2.45) is 5.73 Å². The van der Waals surface area contributed by atoms with E-state index >= 15 is 0 Å². The number of morpholine rings is 1. The number of furan rings is 1. The molecular weight excluding hydrogens is 364 g/mol. The Bertz CT molecular complexity index is 1020. The van der Waals surface area contributed by atoms with Crippen LogP contribution in [0, 0.1) is 0 Å². The molecule has 1 aliphatic heterocycles. The van der Waals surface area contributed by atoms with E-state index in [0.717, 1.165) is 33.4 Å². The Hall–Kier alpha value is -2.63. The number of carbonyl (C=O) groups excluding carboxylic acids is 1. The molecule has 3 aromatic rings. The molecule has 2 aromatic carbocycles. The zero-order valence-electron chi connectivity index (χ0n) is 17.3. The predicted molar refractivity (Wildman–Crippen MR) is 115 cm³/mol. The number of amides is 1. The summed E-state index contributed by atoms with van der Waals surface area (Å²) < 4.78 is 11.3. The summed E-state index contributed by atoms with van der Waals surface area (Å²) in [5.41, 5.74) is 10.7. The molecule has 0 aliphatic carbocycles. The number of ether oxygens (including phenoxy) is 1. The number of rotatable bonds is 3. The van der Waals surface area contributed by atoms with Gasteiger partial charge < -0.3 is 19.8 Å². The summed E-state index contributed by atoms with van der Waals surface area (Å²) in [7, 11) is 0. The maximum atomic E-state index is 12.7. The average Bonchev–Trinajstić information content (AvgIpc) is 3.15. The number of hydrogen-bond acceptors (Lipinski definition) is 4. The van der Waals surface area contributed by atoms with Gasteiger partial charge >= 0.3 is 0 Å². The van der Waals surface area contributed by atoms with E-state index in [1.54, 1.807) is 0 Å². The van der Waals surface area contributed by atoms with E-state index in [4.69, 9.17) is 14.9 Å². The van der Waals surface area contributed by atoms with Gasteiger partial charge in [0.1, 0.15) is 11.3 Å². The third-order valence-electron chi connectivity index (χ3n) is 5.44. The highest BCUT2D eigenvalue weighted by atomic mass is 16.5. The smallest absolute Gasteiger partial charge is 0.254 e.